The molecule has 94 valence electrons. The van der Waals surface area contributed by atoms with Gasteiger partial charge in [-0.1, -0.05) is 6.07 Å². The van der Waals surface area contributed by atoms with Crippen molar-refractivity contribution >= 4 is 11.4 Å². The normalized spacial score (nSPS) is 11.9. The molecule has 1 aromatic carbocycles. The Labute approximate surface area is 99.7 Å². The van der Waals surface area contributed by atoms with Crippen molar-refractivity contribution in [2.24, 2.45) is 0 Å². The van der Waals surface area contributed by atoms with Crippen LogP contribution in [0.5, 0.6) is 5.75 Å². The molecule has 0 radical (unpaired) electrons. The van der Waals surface area contributed by atoms with Gasteiger partial charge in [-0.05, 0) is 19.1 Å². The fourth-order valence-electron chi connectivity index (χ4n) is 1.55. The summed E-state index contributed by atoms with van der Waals surface area (Å²) < 4.78 is 9.95. The molecule has 0 aliphatic rings. The highest BCUT2D eigenvalue weighted by Crippen LogP contribution is 2.34. The first-order valence-corrected chi connectivity index (χ1v) is 5.17. The molecule has 0 aliphatic heterocycles. The van der Waals surface area contributed by atoms with Crippen LogP contribution >= 0.6 is 0 Å². The standard InChI is InChI=1S/C11H16N2O4/c1-8(7-16-2)12-9-5-4-6-10(17-3)11(9)13(14)15/h4-6,8,12H,7H2,1-3H3. The summed E-state index contributed by atoms with van der Waals surface area (Å²) in [5.74, 6) is 0.240. The summed E-state index contributed by atoms with van der Waals surface area (Å²) in [5, 5.41) is 14.0. The van der Waals surface area contributed by atoms with E-state index in [1.54, 1.807) is 25.3 Å². The molecular weight excluding hydrogens is 224 g/mol. The predicted octanol–water partition coefficient (Wildman–Crippen LogP) is 2.05. The summed E-state index contributed by atoms with van der Waals surface area (Å²) in [6.45, 7) is 2.35. The Hall–Kier alpha value is -1.82. The van der Waals surface area contributed by atoms with Gasteiger partial charge in [0.25, 0.3) is 0 Å². The summed E-state index contributed by atoms with van der Waals surface area (Å²) in [7, 11) is 2.99. The molecule has 6 heteroatoms. The van der Waals surface area contributed by atoms with Crippen LogP contribution in [-0.4, -0.2) is 31.8 Å². The van der Waals surface area contributed by atoms with E-state index in [2.05, 4.69) is 5.32 Å². The minimum Gasteiger partial charge on any atom is -0.490 e. The molecule has 0 aliphatic carbocycles. The van der Waals surface area contributed by atoms with E-state index in [1.807, 2.05) is 6.92 Å². The van der Waals surface area contributed by atoms with Crippen molar-refractivity contribution in [3.63, 3.8) is 0 Å². The zero-order valence-electron chi connectivity index (χ0n) is 10.1. The minimum atomic E-state index is -0.458. The third-order valence-electron chi connectivity index (χ3n) is 2.22. The molecule has 6 nitrogen and oxygen atoms in total. The second-order valence-corrected chi connectivity index (χ2v) is 3.61. The summed E-state index contributed by atoms with van der Waals surface area (Å²) in [6, 6.07) is 4.89. The molecule has 0 amide bonds. The maximum absolute atomic E-state index is 11.0. The average molecular weight is 240 g/mol. The molecule has 17 heavy (non-hydrogen) atoms. The fourth-order valence-corrected chi connectivity index (χ4v) is 1.55. The van der Waals surface area contributed by atoms with Crippen LogP contribution in [0.15, 0.2) is 18.2 Å². The first-order chi connectivity index (χ1) is 8.10. The van der Waals surface area contributed by atoms with Crippen molar-refractivity contribution in [1.29, 1.82) is 0 Å². The number of nitrogens with zero attached hydrogens (tertiary/aromatic N) is 1. The lowest BCUT2D eigenvalue weighted by atomic mass is 10.2. The highest BCUT2D eigenvalue weighted by molar-refractivity contribution is 5.68. The van der Waals surface area contributed by atoms with Crippen molar-refractivity contribution in [3.8, 4) is 5.75 Å². The van der Waals surface area contributed by atoms with Gasteiger partial charge in [-0.2, -0.15) is 0 Å². The molecule has 0 fully saturated rings. The van der Waals surface area contributed by atoms with Gasteiger partial charge in [0.1, 0.15) is 5.69 Å². The fraction of sp³-hybridized carbons (Fsp3) is 0.455. The Kier molecular flexibility index (Phi) is 4.71. The van der Waals surface area contributed by atoms with Gasteiger partial charge in [-0.25, -0.2) is 0 Å². The molecule has 0 bridgehead atoms. The van der Waals surface area contributed by atoms with Gasteiger partial charge in [0.15, 0.2) is 5.75 Å². The maximum Gasteiger partial charge on any atom is 0.333 e. The lowest BCUT2D eigenvalue weighted by molar-refractivity contribution is -0.384. The molecule has 0 aromatic heterocycles. The number of benzene rings is 1. The van der Waals surface area contributed by atoms with Gasteiger partial charge in [0.2, 0.25) is 0 Å². The highest BCUT2D eigenvalue weighted by atomic mass is 16.6. The Bertz CT molecular complexity index is 395. The van der Waals surface area contributed by atoms with Gasteiger partial charge in [0.05, 0.1) is 18.6 Å². The number of ether oxygens (including phenoxy) is 2. The molecule has 1 rings (SSSR count). The van der Waals surface area contributed by atoms with E-state index in [9.17, 15) is 10.1 Å². The van der Waals surface area contributed by atoms with Crippen LogP contribution < -0.4 is 10.1 Å². The van der Waals surface area contributed by atoms with E-state index in [4.69, 9.17) is 9.47 Å². The average Bonchev–Trinajstić information content (AvgIpc) is 2.28. The molecular formula is C11H16N2O4. The number of hydrogen-bond donors (Lipinski definition) is 1. The predicted molar refractivity (Wildman–Crippen MR) is 64.6 cm³/mol. The molecule has 1 aromatic rings. The van der Waals surface area contributed by atoms with Crippen LogP contribution in [0, 0.1) is 10.1 Å². The largest absolute Gasteiger partial charge is 0.490 e. The quantitative estimate of drug-likeness (QED) is 0.608. The van der Waals surface area contributed by atoms with Crippen LogP contribution in [0.4, 0.5) is 11.4 Å². The molecule has 1 unspecified atom stereocenters. The third kappa shape index (κ3) is 3.32. The number of rotatable bonds is 6. The SMILES string of the molecule is COCC(C)Nc1cccc(OC)c1[N+](=O)[O-]. The number of anilines is 1. The first-order valence-electron chi connectivity index (χ1n) is 5.17. The van der Waals surface area contributed by atoms with Crippen LogP contribution in [0.25, 0.3) is 0 Å². The van der Waals surface area contributed by atoms with Crippen molar-refractivity contribution in [2.45, 2.75) is 13.0 Å². The van der Waals surface area contributed by atoms with Gasteiger partial charge in [0, 0.05) is 13.2 Å². The van der Waals surface area contributed by atoms with E-state index in [0.29, 0.717) is 12.3 Å². The first kappa shape index (κ1) is 13.2. The van der Waals surface area contributed by atoms with Crippen LogP contribution in [0.3, 0.4) is 0 Å². The second-order valence-electron chi connectivity index (χ2n) is 3.61. The van der Waals surface area contributed by atoms with Crippen LogP contribution in [-0.2, 0) is 4.74 Å². The van der Waals surface area contributed by atoms with Crippen molar-refractivity contribution in [1.82, 2.24) is 0 Å². The lowest BCUT2D eigenvalue weighted by Crippen LogP contribution is -2.21. The number of nitro benzene ring substituents is 1. The van der Waals surface area contributed by atoms with Gasteiger partial charge in [-0.15, -0.1) is 0 Å². The Morgan fingerprint density at radius 3 is 2.71 bits per heavy atom. The smallest absolute Gasteiger partial charge is 0.333 e. The Balaban J connectivity index is 3.02. The highest BCUT2D eigenvalue weighted by Gasteiger charge is 2.21. The molecule has 0 heterocycles. The number of methoxy groups -OCH3 is 2. The summed E-state index contributed by atoms with van der Waals surface area (Å²) in [4.78, 5) is 10.5. The number of para-hydroxylation sites is 1. The Morgan fingerprint density at radius 2 is 2.18 bits per heavy atom. The molecule has 1 atom stereocenters. The van der Waals surface area contributed by atoms with E-state index in [0.717, 1.165) is 0 Å². The van der Waals surface area contributed by atoms with Gasteiger partial charge >= 0.3 is 5.69 Å². The van der Waals surface area contributed by atoms with Crippen LogP contribution in [0.2, 0.25) is 0 Å². The van der Waals surface area contributed by atoms with Crippen molar-refractivity contribution < 1.29 is 14.4 Å². The summed E-state index contributed by atoms with van der Waals surface area (Å²) in [6.07, 6.45) is 0. The van der Waals surface area contributed by atoms with Crippen molar-refractivity contribution in [3.05, 3.63) is 28.3 Å². The topological polar surface area (TPSA) is 73.6 Å². The van der Waals surface area contributed by atoms with Crippen molar-refractivity contribution in [2.75, 3.05) is 26.1 Å². The summed E-state index contributed by atoms with van der Waals surface area (Å²) >= 11 is 0. The minimum absolute atomic E-state index is 0.0224. The molecule has 0 spiro atoms. The zero-order chi connectivity index (χ0) is 12.8. The van der Waals surface area contributed by atoms with E-state index in [-0.39, 0.29) is 17.5 Å². The number of nitrogens with one attached hydrogen (secondary N) is 1. The molecule has 0 saturated heterocycles. The van der Waals surface area contributed by atoms with Gasteiger partial charge in [-0.3, -0.25) is 10.1 Å². The number of nitro groups is 1. The Morgan fingerprint density at radius 1 is 1.47 bits per heavy atom. The number of hydrogen-bond acceptors (Lipinski definition) is 5. The lowest BCUT2D eigenvalue weighted by Gasteiger charge is -2.15. The van der Waals surface area contributed by atoms with Gasteiger partial charge < -0.3 is 14.8 Å². The zero-order valence-corrected chi connectivity index (χ0v) is 10.1. The van der Waals surface area contributed by atoms with E-state index >= 15 is 0 Å². The van der Waals surface area contributed by atoms with E-state index in [1.165, 1.54) is 7.11 Å². The maximum atomic E-state index is 11.0. The second kappa shape index (κ2) is 6.05. The summed E-state index contributed by atoms with van der Waals surface area (Å²) in [5.41, 5.74) is 0.372. The third-order valence-corrected chi connectivity index (χ3v) is 2.22. The molecule has 0 saturated carbocycles. The monoisotopic (exact) mass is 240 g/mol. The van der Waals surface area contributed by atoms with Crippen LogP contribution in [0.1, 0.15) is 6.92 Å². The van der Waals surface area contributed by atoms with E-state index < -0.39 is 4.92 Å². The molecule has 1 N–H and O–H groups in total.